The first kappa shape index (κ1) is 24.8. The van der Waals surface area contributed by atoms with E-state index in [-0.39, 0.29) is 27.6 Å². The topological polar surface area (TPSA) is 77.8 Å². The smallest absolute Gasteiger partial charge is 0.310 e. The number of hydrogen-bond donors (Lipinski definition) is 3. The molecule has 1 unspecified atom stereocenters. The molecule has 11 atom stereocenters. The Morgan fingerprint density at radius 3 is 2.26 bits per heavy atom. The highest BCUT2D eigenvalue weighted by atomic mass is 16.4. The van der Waals surface area contributed by atoms with Gasteiger partial charge >= 0.3 is 5.97 Å². The van der Waals surface area contributed by atoms with Gasteiger partial charge in [-0.1, -0.05) is 60.1 Å². The van der Waals surface area contributed by atoms with Crippen LogP contribution in [0.5, 0.6) is 0 Å². The van der Waals surface area contributed by atoms with Crippen molar-refractivity contribution < 1.29 is 20.1 Å². The van der Waals surface area contributed by atoms with E-state index in [2.05, 4.69) is 54.5 Å². The molecule has 34 heavy (non-hydrogen) atoms. The lowest BCUT2D eigenvalue weighted by Gasteiger charge is -2.71. The zero-order valence-electron chi connectivity index (χ0n) is 22.5. The molecular formula is C30H48O4. The summed E-state index contributed by atoms with van der Waals surface area (Å²) in [7, 11) is 0. The number of carbonyl (C=O) groups is 1. The number of allylic oxidation sites excluding steroid dienone is 2. The maximum absolute atomic E-state index is 12.8. The van der Waals surface area contributed by atoms with Gasteiger partial charge in [-0.2, -0.15) is 0 Å². The van der Waals surface area contributed by atoms with Gasteiger partial charge in [0.05, 0.1) is 17.6 Å². The quantitative estimate of drug-likeness (QED) is 0.405. The first-order valence-corrected chi connectivity index (χ1v) is 14.0. The maximum Gasteiger partial charge on any atom is 0.310 e. The van der Waals surface area contributed by atoms with Gasteiger partial charge in [-0.25, -0.2) is 0 Å². The summed E-state index contributed by atoms with van der Waals surface area (Å²) in [4.78, 5) is 12.8. The normalized spacial score (nSPS) is 56.3. The maximum atomic E-state index is 12.8. The van der Waals surface area contributed by atoms with E-state index in [4.69, 9.17) is 0 Å². The minimum atomic E-state index is -0.679. The summed E-state index contributed by atoms with van der Waals surface area (Å²) >= 11 is 0. The van der Waals surface area contributed by atoms with Gasteiger partial charge in [0.25, 0.3) is 0 Å². The molecule has 0 amide bonds. The molecule has 192 valence electrons. The molecule has 3 N–H and O–H groups in total. The lowest BCUT2D eigenvalue weighted by molar-refractivity contribution is -0.232. The number of hydrogen-bond acceptors (Lipinski definition) is 3. The number of carboxylic acid groups (broad SMARTS) is 1. The standard InChI is InChI=1S/C30H48O4/c1-17-10-13-30(25(33)34)15-14-28(6)19(23(30)18(17)2)8-9-22-27(5)16-20(31)24(32)26(3,4)21(27)11-12-29(22,28)7/h8,17-18,20-24,31-32H,9-16H2,1-7H3,(H,33,34)/t17-,18+,20-,21?,22-,23-,24-,27+,28-,29-,30+/m1/s1. The molecule has 0 aliphatic heterocycles. The monoisotopic (exact) mass is 472 g/mol. The van der Waals surface area contributed by atoms with Crippen LogP contribution in [0.1, 0.15) is 99.8 Å². The number of rotatable bonds is 1. The molecule has 0 aromatic rings. The van der Waals surface area contributed by atoms with Crippen LogP contribution in [0, 0.1) is 56.7 Å². The van der Waals surface area contributed by atoms with Crippen LogP contribution in [0.25, 0.3) is 0 Å². The van der Waals surface area contributed by atoms with E-state index in [1.807, 2.05) is 0 Å². The summed E-state index contributed by atoms with van der Waals surface area (Å²) in [5.74, 6) is 1.30. The molecule has 4 heteroatoms. The lowest BCUT2D eigenvalue weighted by atomic mass is 9.33. The average Bonchev–Trinajstić information content (AvgIpc) is 2.75. The molecule has 4 fully saturated rings. The van der Waals surface area contributed by atoms with Crippen LogP contribution in [-0.4, -0.2) is 33.5 Å². The van der Waals surface area contributed by atoms with Crippen molar-refractivity contribution >= 4 is 5.97 Å². The highest BCUT2D eigenvalue weighted by Gasteiger charge is 2.70. The van der Waals surface area contributed by atoms with Gasteiger partial charge in [-0.15, -0.1) is 0 Å². The summed E-state index contributed by atoms with van der Waals surface area (Å²) in [6, 6.07) is 0. The molecule has 0 aromatic heterocycles. The van der Waals surface area contributed by atoms with Gasteiger partial charge in [0, 0.05) is 0 Å². The van der Waals surface area contributed by atoms with Crippen LogP contribution < -0.4 is 0 Å². The van der Waals surface area contributed by atoms with Gasteiger partial charge in [0.2, 0.25) is 0 Å². The Labute approximate surface area is 206 Å². The largest absolute Gasteiger partial charge is 0.481 e. The Balaban J connectivity index is 1.62. The fourth-order valence-electron chi connectivity index (χ4n) is 11.0. The first-order chi connectivity index (χ1) is 15.7. The van der Waals surface area contributed by atoms with Gasteiger partial charge in [-0.3, -0.25) is 4.79 Å². The van der Waals surface area contributed by atoms with E-state index in [0.717, 1.165) is 44.9 Å². The second-order valence-corrected chi connectivity index (χ2v) is 14.6. The predicted molar refractivity (Wildman–Crippen MR) is 134 cm³/mol. The lowest BCUT2D eigenvalue weighted by Crippen LogP contribution is -2.67. The van der Waals surface area contributed by atoms with Crippen LogP contribution in [0.4, 0.5) is 0 Å². The van der Waals surface area contributed by atoms with E-state index >= 15 is 0 Å². The zero-order valence-corrected chi connectivity index (χ0v) is 22.5. The number of aliphatic hydroxyl groups excluding tert-OH is 2. The number of aliphatic carboxylic acids is 1. The van der Waals surface area contributed by atoms with Crippen LogP contribution >= 0.6 is 0 Å². The predicted octanol–water partition coefficient (Wildman–Crippen LogP) is 6.06. The SMILES string of the molecule is C[C@H]1[C@H](C)CC[C@]2(C(=O)O)CC[C@]3(C)C(=CC[C@@H]4[C@@]5(C)C[C@@H](O)[C@@H](O)C(C)(C)C5CC[C@]43C)[C@@H]12. The molecule has 0 heterocycles. The van der Waals surface area contributed by atoms with Crippen molar-refractivity contribution in [2.75, 3.05) is 0 Å². The molecule has 0 bridgehead atoms. The first-order valence-electron chi connectivity index (χ1n) is 14.0. The minimum absolute atomic E-state index is 0.00993. The van der Waals surface area contributed by atoms with Gasteiger partial charge in [0.1, 0.15) is 0 Å². The highest BCUT2D eigenvalue weighted by molar-refractivity contribution is 5.76. The van der Waals surface area contributed by atoms with Crippen molar-refractivity contribution in [3.63, 3.8) is 0 Å². The fourth-order valence-corrected chi connectivity index (χ4v) is 11.0. The third-order valence-corrected chi connectivity index (χ3v) is 13.4. The molecule has 0 radical (unpaired) electrons. The molecule has 5 rings (SSSR count). The molecule has 0 aromatic carbocycles. The number of fused-ring (bicyclic) bond motifs is 7. The van der Waals surface area contributed by atoms with Crippen molar-refractivity contribution in [1.29, 1.82) is 0 Å². The molecule has 4 saturated carbocycles. The van der Waals surface area contributed by atoms with E-state index in [0.29, 0.717) is 30.1 Å². The van der Waals surface area contributed by atoms with Crippen molar-refractivity contribution in [2.24, 2.45) is 56.7 Å². The average molecular weight is 473 g/mol. The highest BCUT2D eigenvalue weighted by Crippen LogP contribution is 2.75. The van der Waals surface area contributed by atoms with Gasteiger partial charge in [-0.05, 0) is 103 Å². The molecular weight excluding hydrogens is 424 g/mol. The Hall–Kier alpha value is -0.870. The van der Waals surface area contributed by atoms with E-state index < -0.39 is 23.6 Å². The summed E-state index contributed by atoms with van der Waals surface area (Å²) in [6.07, 6.45) is 8.53. The van der Waals surface area contributed by atoms with Crippen LogP contribution in [-0.2, 0) is 4.79 Å². The second-order valence-electron chi connectivity index (χ2n) is 14.6. The molecule has 0 saturated heterocycles. The Kier molecular flexibility index (Phi) is 5.36. The summed E-state index contributed by atoms with van der Waals surface area (Å²) in [5.41, 5.74) is 0.574. The van der Waals surface area contributed by atoms with Crippen molar-refractivity contribution in [3.8, 4) is 0 Å². The fraction of sp³-hybridized carbons (Fsp3) is 0.900. The van der Waals surface area contributed by atoms with Crippen molar-refractivity contribution in [1.82, 2.24) is 0 Å². The second kappa shape index (κ2) is 7.34. The van der Waals surface area contributed by atoms with E-state index in [9.17, 15) is 20.1 Å². The van der Waals surface area contributed by atoms with Crippen molar-refractivity contribution in [3.05, 3.63) is 11.6 Å². The van der Waals surface area contributed by atoms with Crippen LogP contribution in [0.3, 0.4) is 0 Å². The number of carboxylic acids is 1. The van der Waals surface area contributed by atoms with Gasteiger partial charge in [0.15, 0.2) is 0 Å². The summed E-state index contributed by atoms with van der Waals surface area (Å²) in [6.45, 7) is 16.3. The van der Waals surface area contributed by atoms with E-state index in [1.165, 1.54) is 5.57 Å². The molecule has 4 nitrogen and oxygen atoms in total. The Morgan fingerprint density at radius 1 is 0.941 bits per heavy atom. The molecule has 5 aliphatic carbocycles. The summed E-state index contributed by atoms with van der Waals surface area (Å²) < 4.78 is 0. The van der Waals surface area contributed by atoms with Crippen molar-refractivity contribution in [2.45, 2.75) is 112 Å². The third-order valence-electron chi connectivity index (χ3n) is 13.4. The Morgan fingerprint density at radius 2 is 1.62 bits per heavy atom. The summed E-state index contributed by atoms with van der Waals surface area (Å²) in [5, 5.41) is 32.4. The third kappa shape index (κ3) is 2.76. The number of aliphatic hydroxyl groups is 2. The Bertz CT molecular complexity index is 907. The van der Waals surface area contributed by atoms with Crippen LogP contribution in [0.15, 0.2) is 11.6 Å². The van der Waals surface area contributed by atoms with Crippen LogP contribution in [0.2, 0.25) is 0 Å². The molecule has 5 aliphatic rings. The van der Waals surface area contributed by atoms with E-state index in [1.54, 1.807) is 0 Å². The van der Waals surface area contributed by atoms with Gasteiger partial charge < -0.3 is 15.3 Å². The zero-order chi connectivity index (χ0) is 25.1. The minimum Gasteiger partial charge on any atom is -0.481 e. The molecule has 0 spiro atoms.